The summed E-state index contributed by atoms with van der Waals surface area (Å²) in [6.45, 7) is 9.55. The Morgan fingerprint density at radius 1 is 1.30 bits per heavy atom. The standard InChI is InChI=1S/C17H26N2O/c1-11-6-7-15(16(9-11)18-5)17(20)19-10-12(2)8-13(3)14(19)4/h6-7,9,12-14,18H,8,10H2,1-5H3. The normalized spacial score (nSPS) is 26.4. The fourth-order valence-electron chi connectivity index (χ4n) is 3.19. The lowest BCUT2D eigenvalue weighted by atomic mass is 9.85. The Balaban J connectivity index is 2.30. The smallest absolute Gasteiger partial charge is 0.256 e. The van der Waals surface area contributed by atoms with Crippen molar-refractivity contribution in [3.8, 4) is 0 Å². The van der Waals surface area contributed by atoms with E-state index in [1.165, 1.54) is 12.0 Å². The van der Waals surface area contributed by atoms with Crippen LogP contribution < -0.4 is 5.32 Å². The molecule has 0 saturated carbocycles. The minimum absolute atomic E-state index is 0.153. The zero-order valence-electron chi connectivity index (χ0n) is 13.2. The third-order valence-corrected chi connectivity index (χ3v) is 4.53. The number of hydrogen-bond acceptors (Lipinski definition) is 2. The van der Waals surface area contributed by atoms with Crippen LogP contribution in [0.3, 0.4) is 0 Å². The van der Waals surface area contributed by atoms with Gasteiger partial charge in [-0.25, -0.2) is 0 Å². The van der Waals surface area contributed by atoms with E-state index in [0.29, 0.717) is 17.9 Å². The molecule has 1 aliphatic rings. The first-order chi connectivity index (χ1) is 9.43. The number of benzene rings is 1. The van der Waals surface area contributed by atoms with Gasteiger partial charge in [0.05, 0.1) is 5.56 Å². The van der Waals surface area contributed by atoms with Gasteiger partial charge in [-0.1, -0.05) is 19.9 Å². The van der Waals surface area contributed by atoms with E-state index in [1.54, 1.807) is 0 Å². The van der Waals surface area contributed by atoms with E-state index in [1.807, 2.05) is 37.1 Å². The molecule has 1 aromatic carbocycles. The Hall–Kier alpha value is -1.51. The maximum atomic E-state index is 12.9. The van der Waals surface area contributed by atoms with Gasteiger partial charge < -0.3 is 10.2 Å². The van der Waals surface area contributed by atoms with E-state index >= 15 is 0 Å². The summed E-state index contributed by atoms with van der Waals surface area (Å²) in [6, 6.07) is 6.30. The molecule has 1 aromatic rings. The molecule has 3 unspecified atom stereocenters. The summed E-state index contributed by atoms with van der Waals surface area (Å²) >= 11 is 0. The van der Waals surface area contributed by atoms with Crippen molar-refractivity contribution >= 4 is 11.6 Å². The first-order valence-electron chi connectivity index (χ1n) is 7.53. The van der Waals surface area contributed by atoms with Gasteiger partial charge in [0.1, 0.15) is 0 Å². The minimum Gasteiger partial charge on any atom is -0.387 e. The second-order valence-corrected chi connectivity index (χ2v) is 6.32. The first kappa shape index (κ1) is 14.9. The molecule has 1 saturated heterocycles. The largest absolute Gasteiger partial charge is 0.387 e. The highest BCUT2D eigenvalue weighted by molar-refractivity contribution is 6.00. The second kappa shape index (κ2) is 5.86. The molecule has 0 aromatic heterocycles. The summed E-state index contributed by atoms with van der Waals surface area (Å²) in [6.07, 6.45) is 1.21. The Morgan fingerprint density at radius 2 is 2.00 bits per heavy atom. The van der Waals surface area contributed by atoms with Crippen LogP contribution in [0.2, 0.25) is 0 Å². The number of carbonyl (C=O) groups is 1. The summed E-state index contributed by atoms with van der Waals surface area (Å²) in [5.41, 5.74) is 2.87. The summed E-state index contributed by atoms with van der Waals surface area (Å²) in [5, 5.41) is 3.15. The lowest BCUT2D eigenvalue weighted by Gasteiger charge is -2.41. The molecule has 3 heteroatoms. The number of piperidine rings is 1. The van der Waals surface area contributed by atoms with Gasteiger partial charge in [-0.05, 0) is 49.8 Å². The van der Waals surface area contributed by atoms with Gasteiger partial charge in [0, 0.05) is 25.3 Å². The summed E-state index contributed by atoms with van der Waals surface area (Å²) in [4.78, 5) is 14.9. The summed E-state index contributed by atoms with van der Waals surface area (Å²) < 4.78 is 0. The molecule has 3 atom stereocenters. The minimum atomic E-state index is 0.153. The van der Waals surface area contributed by atoms with Crippen molar-refractivity contribution in [2.75, 3.05) is 18.9 Å². The maximum absolute atomic E-state index is 12.9. The van der Waals surface area contributed by atoms with E-state index in [-0.39, 0.29) is 5.91 Å². The number of aryl methyl sites for hydroxylation is 1. The quantitative estimate of drug-likeness (QED) is 0.894. The molecule has 0 radical (unpaired) electrons. The highest BCUT2D eigenvalue weighted by Gasteiger charge is 2.33. The predicted octanol–water partition coefficient (Wildman–Crippen LogP) is 3.54. The van der Waals surface area contributed by atoms with Gasteiger partial charge in [0.15, 0.2) is 0 Å². The molecule has 0 bridgehead atoms. The monoisotopic (exact) mass is 274 g/mol. The van der Waals surface area contributed by atoms with Gasteiger partial charge in [0.2, 0.25) is 0 Å². The van der Waals surface area contributed by atoms with Crippen molar-refractivity contribution in [1.82, 2.24) is 4.90 Å². The van der Waals surface area contributed by atoms with Crippen molar-refractivity contribution in [3.05, 3.63) is 29.3 Å². The average molecular weight is 274 g/mol. The van der Waals surface area contributed by atoms with Crippen molar-refractivity contribution in [3.63, 3.8) is 0 Å². The molecule has 0 aliphatic carbocycles. The number of hydrogen-bond donors (Lipinski definition) is 1. The molecule has 1 heterocycles. The topological polar surface area (TPSA) is 32.3 Å². The molecular formula is C17H26N2O. The molecule has 1 aliphatic heterocycles. The fraction of sp³-hybridized carbons (Fsp3) is 0.588. The zero-order valence-corrected chi connectivity index (χ0v) is 13.2. The number of rotatable bonds is 2. The van der Waals surface area contributed by atoms with Gasteiger partial charge in [-0.3, -0.25) is 4.79 Å². The van der Waals surface area contributed by atoms with E-state index in [2.05, 4.69) is 26.1 Å². The number of nitrogens with zero attached hydrogens (tertiary/aromatic N) is 1. The number of nitrogens with one attached hydrogen (secondary N) is 1. The number of amides is 1. The van der Waals surface area contributed by atoms with Crippen molar-refractivity contribution in [2.24, 2.45) is 11.8 Å². The molecule has 0 spiro atoms. The van der Waals surface area contributed by atoms with Crippen LogP contribution in [0.15, 0.2) is 18.2 Å². The van der Waals surface area contributed by atoms with Gasteiger partial charge in [-0.2, -0.15) is 0 Å². The Bertz CT molecular complexity index is 498. The second-order valence-electron chi connectivity index (χ2n) is 6.32. The van der Waals surface area contributed by atoms with Gasteiger partial charge in [-0.15, -0.1) is 0 Å². The summed E-state index contributed by atoms with van der Waals surface area (Å²) in [7, 11) is 1.87. The van der Waals surface area contributed by atoms with E-state index < -0.39 is 0 Å². The molecule has 2 rings (SSSR count). The highest BCUT2D eigenvalue weighted by Crippen LogP contribution is 2.29. The van der Waals surface area contributed by atoms with Gasteiger partial charge >= 0.3 is 0 Å². The Labute approximate surface area is 122 Å². The maximum Gasteiger partial charge on any atom is 0.256 e. The molecule has 3 nitrogen and oxygen atoms in total. The van der Waals surface area contributed by atoms with Crippen LogP contribution in [0.25, 0.3) is 0 Å². The average Bonchev–Trinajstić information content (AvgIpc) is 2.41. The Kier molecular flexibility index (Phi) is 4.36. The first-order valence-corrected chi connectivity index (χ1v) is 7.53. The number of anilines is 1. The van der Waals surface area contributed by atoms with Crippen molar-refractivity contribution in [1.29, 1.82) is 0 Å². The third kappa shape index (κ3) is 2.82. The van der Waals surface area contributed by atoms with Crippen LogP contribution in [0.5, 0.6) is 0 Å². The van der Waals surface area contributed by atoms with Crippen LogP contribution in [0.4, 0.5) is 5.69 Å². The molecule has 1 N–H and O–H groups in total. The molecule has 1 fully saturated rings. The third-order valence-electron chi connectivity index (χ3n) is 4.53. The van der Waals surface area contributed by atoms with Crippen LogP contribution >= 0.6 is 0 Å². The van der Waals surface area contributed by atoms with Crippen molar-refractivity contribution < 1.29 is 4.79 Å². The van der Waals surface area contributed by atoms with Crippen LogP contribution in [-0.4, -0.2) is 30.4 Å². The van der Waals surface area contributed by atoms with Crippen LogP contribution in [-0.2, 0) is 0 Å². The number of likely N-dealkylation sites (tertiary alicyclic amines) is 1. The summed E-state index contributed by atoms with van der Waals surface area (Å²) in [5.74, 6) is 1.29. The fourth-order valence-corrected chi connectivity index (χ4v) is 3.19. The SMILES string of the molecule is CNc1cc(C)ccc1C(=O)N1CC(C)CC(C)C1C. The lowest BCUT2D eigenvalue weighted by molar-refractivity contribution is 0.0456. The van der Waals surface area contributed by atoms with E-state index in [4.69, 9.17) is 0 Å². The molecular weight excluding hydrogens is 248 g/mol. The van der Waals surface area contributed by atoms with Gasteiger partial charge in [0.25, 0.3) is 5.91 Å². The molecule has 110 valence electrons. The number of carbonyl (C=O) groups excluding carboxylic acids is 1. The van der Waals surface area contributed by atoms with E-state index in [9.17, 15) is 4.79 Å². The lowest BCUT2D eigenvalue weighted by Crippen LogP contribution is -2.49. The molecule has 1 amide bonds. The zero-order chi connectivity index (χ0) is 14.9. The van der Waals surface area contributed by atoms with Crippen molar-refractivity contribution in [2.45, 2.75) is 40.2 Å². The van der Waals surface area contributed by atoms with Crippen LogP contribution in [0.1, 0.15) is 43.1 Å². The van der Waals surface area contributed by atoms with E-state index in [0.717, 1.165) is 17.8 Å². The van der Waals surface area contributed by atoms with Crippen LogP contribution in [0, 0.1) is 18.8 Å². The predicted molar refractivity (Wildman–Crippen MR) is 84.2 cm³/mol. The Morgan fingerprint density at radius 3 is 2.65 bits per heavy atom. The molecule has 20 heavy (non-hydrogen) atoms. The highest BCUT2D eigenvalue weighted by atomic mass is 16.2.